The van der Waals surface area contributed by atoms with Gasteiger partial charge < -0.3 is 4.90 Å². The molecule has 1 aromatic carbocycles. The Labute approximate surface area is 135 Å². The Morgan fingerprint density at radius 1 is 1.33 bits per heavy atom. The van der Waals surface area contributed by atoms with Gasteiger partial charge in [-0.1, -0.05) is 25.1 Å². The summed E-state index contributed by atoms with van der Waals surface area (Å²) < 4.78 is 3.19. The highest BCUT2D eigenvalue weighted by Gasteiger charge is 2.25. The van der Waals surface area contributed by atoms with Crippen LogP contribution in [0.1, 0.15) is 37.2 Å². The maximum absolute atomic E-state index is 4.62. The Balaban J connectivity index is 1.96. The Hall–Kier alpha value is -1.29. The Morgan fingerprint density at radius 3 is 2.81 bits per heavy atom. The number of para-hydroxylation sites is 1. The molecule has 0 saturated carbocycles. The molecule has 0 spiro atoms. The first-order chi connectivity index (χ1) is 10.1. The zero-order chi connectivity index (χ0) is 15.0. The summed E-state index contributed by atoms with van der Waals surface area (Å²) >= 11 is 3.74. The average molecular weight is 348 g/mol. The zero-order valence-corrected chi connectivity index (χ0v) is 14.5. The van der Waals surface area contributed by atoms with E-state index in [9.17, 15) is 0 Å². The second kappa shape index (κ2) is 5.84. The van der Waals surface area contributed by atoms with Gasteiger partial charge in [0.05, 0.1) is 22.4 Å². The van der Waals surface area contributed by atoms with Crippen molar-refractivity contribution in [1.29, 1.82) is 0 Å². The normalized spacial score (nSPS) is 17.9. The topological polar surface area (TPSA) is 21.1 Å². The third-order valence-electron chi connectivity index (χ3n) is 4.49. The van der Waals surface area contributed by atoms with Crippen LogP contribution in [0, 0.1) is 0 Å². The van der Waals surface area contributed by atoms with E-state index in [-0.39, 0.29) is 0 Å². The van der Waals surface area contributed by atoms with Crippen LogP contribution in [0.5, 0.6) is 0 Å². The predicted octanol–water partition coefficient (Wildman–Crippen LogP) is 4.09. The van der Waals surface area contributed by atoms with E-state index in [1.165, 1.54) is 34.3 Å². The molecule has 0 aliphatic carbocycles. The number of anilines is 1. The number of fused-ring (bicyclic) bond motifs is 1. The van der Waals surface area contributed by atoms with Crippen molar-refractivity contribution < 1.29 is 0 Å². The quantitative estimate of drug-likeness (QED) is 0.833. The van der Waals surface area contributed by atoms with Crippen molar-refractivity contribution in [2.75, 3.05) is 4.90 Å². The molecule has 0 radical (unpaired) electrons. The smallest absolute Gasteiger partial charge is 0.0767 e. The van der Waals surface area contributed by atoms with E-state index < -0.39 is 0 Å². The molecule has 3 rings (SSSR count). The lowest BCUT2D eigenvalue weighted by Crippen LogP contribution is -2.37. The van der Waals surface area contributed by atoms with Gasteiger partial charge in [0, 0.05) is 18.8 Å². The minimum Gasteiger partial charge on any atom is -0.363 e. The molecule has 1 unspecified atom stereocenters. The average Bonchev–Trinajstić information content (AvgIpc) is 2.77. The fourth-order valence-corrected chi connectivity index (χ4v) is 3.90. The van der Waals surface area contributed by atoms with Crippen molar-refractivity contribution in [3.8, 4) is 0 Å². The van der Waals surface area contributed by atoms with Crippen LogP contribution in [0.3, 0.4) is 0 Å². The summed E-state index contributed by atoms with van der Waals surface area (Å²) in [5.41, 5.74) is 5.24. The van der Waals surface area contributed by atoms with Gasteiger partial charge in [-0.2, -0.15) is 5.10 Å². The number of halogens is 1. The molecule has 1 aromatic heterocycles. The fraction of sp³-hybridized carbons (Fsp3) is 0.471. The molecule has 112 valence electrons. The van der Waals surface area contributed by atoms with Crippen LogP contribution in [0.15, 0.2) is 28.7 Å². The molecule has 1 aliphatic heterocycles. The van der Waals surface area contributed by atoms with E-state index in [1.807, 2.05) is 11.7 Å². The van der Waals surface area contributed by atoms with E-state index >= 15 is 0 Å². The molecular weight excluding hydrogens is 326 g/mol. The molecule has 4 heteroatoms. The molecule has 0 amide bonds. The Bertz CT molecular complexity index is 647. The lowest BCUT2D eigenvalue weighted by Gasteiger charge is -2.37. The van der Waals surface area contributed by atoms with Crippen LogP contribution in [0.2, 0.25) is 0 Å². The summed E-state index contributed by atoms with van der Waals surface area (Å²) in [5, 5.41) is 4.62. The molecule has 1 atom stereocenters. The van der Waals surface area contributed by atoms with Crippen LogP contribution >= 0.6 is 15.9 Å². The van der Waals surface area contributed by atoms with Crippen molar-refractivity contribution >= 4 is 21.6 Å². The van der Waals surface area contributed by atoms with Gasteiger partial charge in [-0.15, -0.1) is 0 Å². The molecular formula is C17H22BrN3. The van der Waals surface area contributed by atoms with Crippen molar-refractivity contribution in [2.45, 2.75) is 45.7 Å². The number of hydrogen-bond acceptors (Lipinski definition) is 2. The Morgan fingerprint density at radius 2 is 2.10 bits per heavy atom. The lowest BCUT2D eigenvalue weighted by molar-refractivity contribution is 0.545. The van der Waals surface area contributed by atoms with Gasteiger partial charge >= 0.3 is 0 Å². The summed E-state index contributed by atoms with van der Waals surface area (Å²) in [4.78, 5) is 2.51. The van der Waals surface area contributed by atoms with E-state index in [1.54, 1.807) is 0 Å². The summed E-state index contributed by atoms with van der Waals surface area (Å²) in [6, 6.07) is 9.34. The van der Waals surface area contributed by atoms with Gasteiger partial charge in [0.1, 0.15) is 0 Å². The van der Waals surface area contributed by atoms with E-state index in [2.05, 4.69) is 64.0 Å². The zero-order valence-electron chi connectivity index (χ0n) is 12.9. The largest absolute Gasteiger partial charge is 0.363 e. The van der Waals surface area contributed by atoms with Crippen LogP contribution in [0.25, 0.3) is 0 Å². The summed E-state index contributed by atoms with van der Waals surface area (Å²) in [7, 11) is 2.04. The molecule has 2 heterocycles. The minimum absolute atomic E-state index is 0.562. The number of rotatable bonds is 3. The first kappa shape index (κ1) is 14.6. The third kappa shape index (κ3) is 2.61. The van der Waals surface area contributed by atoms with Crippen LogP contribution in [0.4, 0.5) is 5.69 Å². The maximum Gasteiger partial charge on any atom is 0.0767 e. The third-order valence-corrected chi connectivity index (χ3v) is 5.40. The molecule has 2 aromatic rings. The second-order valence-electron chi connectivity index (χ2n) is 5.83. The minimum atomic E-state index is 0.562. The second-order valence-corrected chi connectivity index (χ2v) is 6.62. The van der Waals surface area contributed by atoms with Gasteiger partial charge in [0.2, 0.25) is 0 Å². The summed E-state index contributed by atoms with van der Waals surface area (Å²) in [6.45, 7) is 5.37. The molecule has 21 heavy (non-hydrogen) atoms. The number of hydrogen-bond donors (Lipinski definition) is 0. The first-order valence-corrected chi connectivity index (χ1v) is 8.46. The molecule has 0 N–H and O–H groups in total. The molecule has 0 saturated heterocycles. The van der Waals surface area contributed by atoms with Crippen molar-refractivity contribution in [1.82, 2.24) is 9.78 Å². The standard InChI is InChI=1S/C17H22BrN3/c1-4-14-17(18)16(20(3)19-14)11-21-12(2)9-10-13-7-5-6-8-15(13)21/h5-8,12H,4,9-11H2,1-3H3. The van der Waals surface area contributed by atoms with Crippen LogP contribution in [-0.2, 0) is 26.4 Å². The maximum atomic E-state index is 4.62. The molecule has 0 bridgehead atoms. The van der Waals surface area contributed by atoms with E-state index in [0.717, 1.165) is 18.7 Å². The number of aryl methyl sites for hydroxylation is 3. The SMILES string of the molecule is CCc1nn(C)c(CN2c3ccccc3CCC2C)c1Br. The van der Waals surface area contributed by atoms with Gasteiger partial charge in [-0.25, -0.2) is 0 Å². The van der Waals surface area contributed by atoms with E-state index in [4.69, 9.17) is 0 Å². The highest BCUT2D eigenvalue weighted by molar-refractivity contribution is 9.10. The van der Waals surface area contributed by atoms with Crippen LogP contribution < -0.4 is 4.90 Å². The lowest BCUT2D eigenvalue weighted by atomic mass is 9.96. The van der Waals surface area contributed by atoms with Crippen molar-refractivity contribution in [3.63, 3.8) is 0 Å². The highest BCUT2D eigenvalue weighted by atomic mass is 79.9. The van der Waals surface area contributed by atoms with Crippen molar-refractivity contribution in [2.24, 2.45) is 7.05 Å². The highest BCUT2D eigenvalue weighted by Crippen LogP contribution is 2.33. The number of nitrogens with zero attached hydrogens (tertiary/aromatic N) is 3. The van der Waals surface area contributed by atoms with Gasteiger partial charge in [0.15, 0.2) is 0 Å². The Kier molecular flexibility index (Phi) is 4.07. The first-order valence-electron chi connectivity index (χ1n) is 7.66. The summed E-state index contributed by atoms with van der Waals surface area (Å²) in [5.74, 6) is 0. The van der Waals surface area contributed by atoms with Gasteiger partial charge in [-0.05, 0) is 53.7 Å². The number of aromatic nitrogens is 2. The van der Waals surface area contributed by atoms with Gasteiger partial charge in [0.25, 0.3) is 0 Å². The monoisotopic (exact) mass is 347 g/mol. The molecule has 1 aliphatic rings. The fourth-order valence-electron chi connectivity index (χ4n) is 3.15. The number of benzene rings is 1. The predicted molar refractivity (Wildman–Crippen MR) is 90.7 cm³/mol. The molecule has 3 nitrogen and oxygen atoms in total. The summed E-state index contributed by atoms with van der Waals surface area (Å²) in [6.07, 6.45) is 3.36. The molecule has 0 fully saturated rings. The van der Waals surface area contributed by atoms with Crippen LogP contribution in [-0.4, -0.2) is 15.8 Å². The van der Waals surface area contributed by atoms with Gasteiger partial charge in [-0.3, -0.25) is 4.68 Å². The van der Waals surface area contributed by atoms with E-state index in [0.29, 0.717) is 6.04 Å². The van der Waals surface area contributed by atoms with Crippen molar-refractivity contribution in [3.05, 3.63) is 45.7 Å².